The Balaban J connectivity index is 1.77. The Morgan fingerprint density at radius 3 is 3.04 bits per heavy atom. The Kier molecular flexibility index (Phi) is 6.43. The maximum Gasteiger partial charge on any atom is 0.413 e. The van der Waals surface area contributed by atoms with Crippen LogP contribution in [0.5, 0.6) is 0 Å². The first-order valence-corrected chi connectivity index (χ1v) is 7.81. The van der Waals surface area contributed by atoms with Crippen LogP contribution in [0.15, 0.2) is 23.1 Å². The maximum atomic E-state index is 11.7. The summed E-state index contributed by atoms with van der Waals surface area (Å²) in [6, 6.07) is 3.39. The molecule has 4 N–H and O–H groups in total. The molecular formula is C14H18N6O3S. The van der Waals surface area contributed by atoms with Crippen molar-refractivity contribution in [1.29, 1.82) is 0 Å². The molecule has 0 unspecified atom stereocenters. The molecule has 24 heavy (non-hydrogen) atoms. The Labute approximate surface area is 143 Å². The fourth-order valence-electron chi connectivity index (χ4n) is 1.92. The summed E-state index contributed by atoms with van der Waals surface area (Å²) >= 11 is 4.96. The van der Waals surface area contributed by atoms with E-state index in [1.165, 1.54) is 0 Å². The van der Waals surface area contributed by atoms with Crippen molar-refractivity contribution < 1.29 is 9.53 Å². The second-order valence-electron chi connectivity index (χ2n) is 4.68. The summed E-state index contributed by atoms with van der Waals surface area (Å²) in [5.41, 5.74) is 0.245. The number of alkyl carbamates (subject to hydrolysis) is 1. The number of rotatable bonds is 6. The van der Waals surface area contributed by atoms with Crippen molar-refractivity contribution in [3.8, 4) is 0 Å². The molecule has 2 heterocycles. The number of nitrogens with one attached hydrogen (secondary N) is 4. The van der Waals surface area contributed by atoms with Gasteiger partial charge in [-0.1, -0.05) is 0 Å². The van der Waals surface area contributed by atoms with E-state index in [4.69, 9.17) is 17.0 Å². The quantitative estimate of drug-likeness (QED) is 0.445. The molecule has 0 atom stereocenters. The number of hydrogen-bond donors (Lipinski definition) is 4. The van der Waals surface area contributed by atoms with E-state index in [2.05, 4.69) is 31.1 Å². The molecule has 128 valence electrons. The van der Waals surface area contributed by atoms with Gasteiger partial charge in [0.2, 0.25) is 0 Å². The zero-order valence-electron chi connectivity index (χ0n) is 13.1. The van der Waals surface area contributed by atoms with E-state index < -0.39 is 6.09 Å². The lowest BCUT2D eigenvalue weighted by molar-refractivity contribution is 0.157. The summed E-state index contributed by atoms with van der Waals surface area (Å²) in [7, 11) is 0. The molecule has 0 aliphatic heterocycles. The second kappa shape index (κ2) is 8.77. The molecule has 0 saturated heterocycles. The predicted molar refractivity (Wildman–Crippen MR) is 94.0 cm³/mol. The number of hydrogen-bond acceptors (Lipinski definition) is 7. The minimum atomic E-state index is -0.580. The fraction of sp³-hybridized carbons (Fsp3) is 0.357. The van der Waals surface area contributed by atoms with Crippen LogP contribution in [0.2, 0.25) is 0 Å². The monoisotopic (exact) mass is 350 g/mol. The third kappa shape index (κ3) is 4.88. The molecule has 2 aromatic rings. The zero-order chi connectivity index (χ0) is 17.4. The lowest BCUT2D eigenvalue weighted by Gasteiger charge is -2.10. The maximum absolute atomic E-state index is 11.7. The van der Waals surface area contributed by atoms with Gasteiger partial charge in [0.25, 0.3) is 5.56 Å². The van der Waals surface area contributed by atoms with Gasteiger partial charge in [-0.05, 0) is 37.7 Å². The van der Waals surface area contributed by atoms with Crippen molar-refractivity contribution in [2.24, 2.45) is 0 Å². The van der Waals surface area contributed by atoms with Crippen molar-refractivity contribution in [2.75, 3.05) is 25.0 Å². The van der Waals surface area contributed by atoms with Gasteiger partial charge in [-0.15, -0.1) is 0 Å². The Morgan fingerprint density at radius 2 is 2.25 bits per heavy atom. The van der Waals surface area contributed by atoms with E-state index in [1.807, 2.05) is 0 Å². The number of ether oxygens (including phenoxy) is 1. The van der Waals surface area contributed by atoms with E-state index in [0.717, 1.165) is 0 Å². The SMILES string of the molecule is CCOC(=O)NC(=S)NCCCNc1n[nH]c(=O)c2cccnc12. The molecule has 0 spiro atoms. The summed E-state index contributed by atoms with van der Waals surface area (Å²) < 4.78 is 4.71. The van der Waals surface area contributed by atoms with Crippen LogP contribution in [-0.4, -0.2) is 46.1 Å². The first kappa shape index (κ1) is 17.6. The molecular weight excluding hydrogens is 332 g/mol. The highest BCUT2D eigenvalue weighted by Crippen LogP contribution is 2.13. The third-order valence-corrected chi connectivity index (χ3v) is 3.21. The van der Waals surface area contributed by atoms with Gasteiger partial charge in [-0.3, -0.25) is 15.1 Å². The molecule has 0 radical (unpaired) electrons. The van der Waals surface area contributed by atoms with E-state index in [0.29, 0.717) is 36.2 Å². The van der Waals surface area contributed by atoms with Gasteiger partial charge in [-0.25, -0.2) is 9.89 Å². The molecule has 2 aromatic heterocycles. The highest BCUT2D eigenvalue weighted by molar-refractivity contribution is 7.80. The van der Waals surface area contributed by atoms with Crippen LogP contribution in [0.25, 0.3) is 10.9 Å². The van der Waals surface area contributed by atoms with E-state index in [1.54, 1.807) is 25.3 Å². The molecule has 2 rings (SSSR count). The molecule has 0 saturated carbocycles. The van der Waals surface area contributed by atoms with Gasteiger partial charge >= 0.3 is 6.09 Å². The minimum absolute atomic E-state index is 0.211. The lowest BCUT2D eigenvalue weighted by atomic mass is 10.3. The van der Waals surface area contributed by atoms with Crippen LogP contribution in [-0.2, 0) is 4.74 Å². The van der Waals surface area contributed by atoms with Gasteiger partial charge in [-0.2, -0.15) is 5.10 Å². The number of anilines is 1. The molecule has 0 aliphatic carbocycles. The molecule has 0 aliphatic rings. The number of fused-ring (bicyclic) bond motifs is 1. The van der Waals surface area contributed by atoms with Crippen LogP contribution in [0.3, 0.4) is 0 Å². The van der Waals surface area contributed by atoms with Gasteiger partial charge in [0.15, 0.2) is 10.9 Å². The van der Waals surface area contributed by atoms with Crippen molar-refractivity contribution in [2.45, 2.75) is 13.3 Å². The fourth-order valence-corrected chi connectivity index (χ4v) is 2.11. The molecule has 0 aromatic carbocycles. The molecule has 10 heteroatoms. The predicted octanol–water partition coefficient (Wildman–Crippen LogP) is 0.741. The summed E-state index contributed by atoms with van der Waals surface area (Å²) in [6.07, 6.45) is 1.73. The molecule has 9 nitrogen and oxygen atoms in total. The van der Waals surface area contributed by atoms with Gasteiger partial charge < -0.3 is 15.4 Å². The number of nitrogens with zero attached hydrogens (tertiary/aromatic N) is 2. The number of aromatic amines is 1. The molecule has 0 bridgehead atoms. The number of aromatic nitrogens is 3. The van der Waals surface area contributed by atoms with Gasteiger partial charge in [0, 0.05) is 19.3 Å². The Hall–Kier alpha value is -2.75. The Bertz CT molecular complexity index is 778. The number of H-pyrrole nitrogens is 1. The van der Waals surface area contributed by atoms with Crippen molar-refractivity contribution in [3.05, 3.63) is 28.7 Å². The van der Waals surface area contributed by atoms with Crippen molar-refractivity contribution in [3.63, 3.8) is 0 Å². The summed E-state index contributed by atoms with van der Waals surface area (Å²) in [4.78, 5) is 27.0. The zero-order valence-corrected chi connectivity index (χ0v) is 13.9. The highest BCUT2D eigenvalue weighted by Gasteiger charge is 2.07. The van der Waals surface area contributed by atoms with Crippen LogP contribution < -0.4 is 21.5 Å². The summed E-state index contributed by atoms with van der Waals surface area (Å²) in [5.74, 6) is 0.512. The van der Waals surface area contributed by atoms with Crippen LogP contribution in [0, 0.1) is 0 Å². The van der Waals surface area contributed by atoms with Gasteiger partial charge in [0.05, 0.1) is 12.0 Å². The average molecular weight is 350 g/mol. The highest BCUT2D eigenvalue weighted by atomic mass is 32.1. The van der Waals surface area contributed by atoms with E-state index in [-0.39, 0.29) is 17.3 Å². The normalized spacial score (nSPS) is 10.2. The summed E-state index contributed by atoms with van der Waals surface area (Å²) in [5, 5.41) is 15.5. The van der Waals surface area contributed by atoms with Crippen molar-refractivity contribution in [1.82, 2.24) is 25.8 Å². The van der Waals surface area contributed by atoms with Crippen LogP contribution in [0.4, 0.5) is 10.6 Å². The summed E-state index contributed by atoms with van der Waals surface area (Å²) in [6.45, 7) is 3.13. The van der Waals surface area contributed by atoms with E-state index >= 15 is 0 Å². The minimum Gasteiger partial charge on any atom is -0.450 e. The molecule has 1 amide bonds. The standard InChI is InChI=1S/C14H18N6O3S/c1-2-23-14(22)18-13(24)17-8-4-7-16-11-10-9(5-3-6-15-10)12(21)20-19-11/h3,5-6H,2,4,7-8H2,1H3,(H,16,19)(H,20,21)(H2,17,18,22,24). The van der Waals surface area contributed by atoms with Crippen molar-refractivity contribution >= 4 is 40.1 Å². The lowest BCUT2D eigenvalue weighted by Crippen LogP contribution is -2.40. The van der Waals surface area contributed by atoms with Gasteiger partial charge in [0.1, 0.15) is 5.52 Å². The largest absolute Gasteiger partial charge is 0.450 e. The Morgan fingerprint density at radius 1 is 1.42 bits per heavy atom. The second-order valence-corrected chi connectivity index (χ2v) is 5.09. The number of pyridine rings is 1. The third-order valence-electron chi connectivity index (χ3n) is 2.97. The number of amides is 1. The van der Waals surface area contributed by atoms with Crippen LogP contribution >= 0.6 is 12.2 Å². The first-order chi connectivity index (χ1) is 11.6. The first-order valence-electron chi connectivity index (χ1n) is 7.40. The van der Waals surface area contributed by atoms with E-state index in [9.17, 15) is 9.59 Å². The number of thiocarbonyl (C=S) groups is 1. The smallest absolute Gasteiger partial charge is 0.413 e. The number of carbonyl (C=O) groups is 1. The molecule has 0 fully saturated rings. The van der Waals surface area contributed by atoms with Crippen LogP contribution in [0.1, 0.15) is 13.3 Å². The number of carbonyl (C=O) groups excluding carboxylic acids is 1. The average Bonchev–Trinajstić information content (AvgIpc) is 2.57. The topological polar surface area (TPSA) is 121 Å².